The van der Waals surface area contributed by atoms with Crippen molar-refractivity contribution in [2.75, 3.05) is 31.2 Å². The van der Waals surface area contributed by atoms with Gasteiger partial charge < -0.3 is 14.4 Å². The predicted molar refractivity (Wildman–Crippen MR) is 72.3 cm³/mol. The minimum atomic E-state index is -0.202. The number of hydrogen-bond donors (Lipinski definition) is 0. The van der Waals surface area contributed by atoms with E-state index in [0.717, 1.165) is 44.0 Å². The van der Waals surface area contributed by atoms with Crippen LogP contribution in [0.1, 0.15) is 25.7 Å². The first-order valence-electron chi connectivity index (χ1n) is 7.12. The molecule has 1 atom stereocenters. The number of rotatable bonds is 4. The average Bonchev–Trinajstić information content (AvgIpc) is 3.10. The molecule has 2 aliphatic heterocycles. The lowest BCUT2D eigenvalue weighted by atomic mass is 10.2. The van der Waals surface area contributed by atoms with E-state index >= 15 is 0 Å². The maximum atomic E-state index is 13.4. The van der Waals surface area contributed by atoms with Crippen LogP contribution in [0.25, 0.3) is 0 Å². The van der Waals surface area contributed by atoms with Gasteiger partial charge in [-0.1, -0.05) is 0 Å². The maximum absolute atomic E-state index is 13.4. The van der Waals surface area contributed by atoms with Crippen molar-refractivity contribution in [3.05, 3.63) is 24.0 Å². The van der Waals surface area contributed by atoms with E-state index in [9.17, 15) is 4.39 Å². The average molecular weight is 265 g/mol. The molecule has 0 amide bonds. The van der Waals surface area contributed by atoms with Crippen molar-refractivity contribution in [3.8, 4) is 5.75 Å². The number of halogens is 1. The maximum Gasteiger partial charge on any atom is 0.142 e. The molecule has 2 heterocycles. The number of benzene rings is 1. The third kappa shape index (κ3) is 3.00. The second kappa shape index (κ2) is 5.78. The standard InChI is InChI=1S/C15H20FNO2/c16-12-5-6-15(19-11-13-4-3-9-18-13)14(10-12)17-7-1-2-8-17/h5-6,10,13H,1-4,7-9,11H2. The lowest BCUT2D eigenvalue weighted by molar-refractivity contribution is 0.0681. The summed E-state index contributed by atoms with van der Waals surface area (Å²) in [6, 6.07) is 4.78. The predicted octanol–water partition coefficient (Wildman–Crippen LogP) is 2.98. The van der Waals surface area contributed by atoms with E-state index < -0.39 is 0 Å². The fraction of sp³-hybridized carbons (Fsp3) is 0.600. The molecule has 19 heavy (non-hydrogen) atoms. The minimum Gasteiger partial charge on any atom is -0.489 e. The van der Waals surface area contributed by atoms with Gasteiger partial charge in [0.2, 0.25) is 0 Å². The van der Waals surface area contributed by atoms with E-state index in [1.807, 2.05) is 0 Å². The molecule has 0 aromatic heterocycles. The first-order chi connectivity index (χ1) is 9.33. The number of hydrogen-bond acceptors (Lipinski definition) is 3. The van der Waals surface area contributed by atoms with Crippen molar-refractivity contribution < 1.29 is 13.9 Å². The topological polar surface area (TPSA) is 21.7 Å². The Kier molecular flexibility index (Phi) is 3.87. The number of ether oxygens (including phenoxy) is 2. The quantitative estimate of drug-likeness (QED) is 0.835. The van der Waals surface area contributed by atoms with Crippen LogP contribution in [0.15, 0.2) is 18.2 Å². The van der Waals surface area contributed by atoms with Gasteiger partial charge in [-0.15, -0.1) is 0 Å². The zero-order chi connectivity index (χ0) is 13.1. The second-order valence-electron chi connectivity index (χ2n) is 5.25. The van der Waals surface area contributed by atoms with Gasteiger partial charge in [0.15, 0.2) is 0 Å². The van der Waals surface area contributed by atoms with E-state index in [4.69, 9.17) is 9.47 Å². The van der Waals surface area contributed by atoms with Gasteiger partial charge in [0.1, 0.15) is 18.2 Å². The molecule has 1 unspecified atom stereocenters. The molecule has 4 heteroatoms. The van der Waals surface area contributed by atoms with Crippen molar-refractivity contribution in [2.24, 2.45) is 0 Å². The second-order valence-corrected chi connectivity index (χ2v) is 5.25. The molecular weight excluding hydrogens is 245 g/mol. The molecule has 1 aromatic carbocycles. The van der Waals surface area contributed by atoms with Gasteiger partial charge in [0.25, 0.3) is 0 Å². The Labute approximate surface area is 113 Å². The number of nitrogens with zero attached hydrogens (tertiary/aromatic N) is 1. The Morgan fingerprint density at radius 3 is 2.84 bits per heavy atom. The van der Waals surface area contributed by atoms with Gasteiger partial charge in [-0.05, 0) is 37.8 Å². The fourth-order valence-electron chi connectivity index (χ4n) is 2.78. The molecule has 0 aliphatic carbocycles. The third-order valence-corrected chi connectivity index (χ3v) is 3.82. The zero-order valence-corrected chi connectivity index (χ0v) is 11.1. The molecule has 2 saturated heterocycles. The molecule has 1 aromatic rings. The SMILES string of the molecule is Fc1ccc(OCC2CCCO2)c(N2CCCC2)c1. The Balaban J connectivity index is 1.71. The van der Waals surface area contributed by atoms with Gasteiger partial charge in [-0.2, -0.15) is 0 Å². The lowest BCUT2D eigenvalue weighted by Crippen LogP contribution is -2.21. The fourth-order valence-corrected chi connectivity index (χ4v) is 2.78. The van der Waals surface area contributed by atoms with Crippen LogP contribution >= 0.6 is 0 Å². The minimum absolute atomic E-state index is 0.191. The highest BCUT2D eigenvalue weighted by atomic mass is 19.1. The van der Waals surface area contributed by atoms with Gasteiger partial charge >= 0.3 is 0 Å². The van der Waals surface area contributed by atoms with Gasteiger partial charge in [0, 0.05) is 25.8 Å². The Hall–Kier alpha value is -1.29. The van der Waals surface area contributed by atoms with Crippen LogP contribution < -0.4 is 9.64 Å². The summed E-state index contributed by atoms with van der Waals surface area (Å²) in [4.78, 5) is 2.20. The van der Waals surface area contributed by atoms with Crippen LogP contribution in [0.4, 0.5) is 10.1 Å². The molecule has 104 valence electrons. The van der Waals surface area contributed by atoms with Gasteiger partial charge in [0.05, 0.1) is 11.8 Å². The van der Waals surface area contributed by atoms with E-state index in [0.29, 0.717) is 6.61 Å². The molecule has 0 bridgehead atoms. The summed E-state index contributed by atoms with van der Waals surface area (Å²) >= 11 is 0. The Morgan fingerprint density at radius 2 is 2.11 bits per heavy atom. The highest BCUT2D eigenvalue weighted by Crippen LogP contribution is 2.32. The van der Waals surface area contributed by atoms with Crippen LogP contribution in [0.2, 0.25) is 0 Å². The van der Waals surface area contributed by atoms with Gasteiger partial charge in [-0.25, -0.2) is 4.39 Å². The molecule has 0 spiro atoms. The van der Waals surface area contributed by atoms with Crippen molar-refractivity contribution in [1.82, 2.24) is 0 Å². The highest BCUT2D eigenvalue weighted by Gasteiger charge is 2.20. The van der Waals surface area contributed by atoms with E-state index in [1.165, 1.54) is 18.9 Å². The van der Waals surface area contributed by atoms with Crippen molar-refractivity contribution in [3.63, 3.8) is 0 Å². The van der Waals surface area contributed by atoms with Crippen molar-refractivity contribution in [2.45, 2.75) is 31.8 Å². The van der Waals surface area contributed by atoms with Crippen LogP contribution in [0.5, 0.6) is 5.75 Å². The molecule has 2 aliphatic rings. The molecule has 3 rings (SSSR count). The van der Waals surface area contributed by atoms with Crippen molar-refractivity contribution in [1.29, 1.82) is 0 Å². The first kappa shape index (κ1) is 12.7. The summed E-state index contributed by atoms with van der Waals surface area (Å²) in [5, 5.41) is 0. The number of anilines is 1. The van der Waals surface area contributed by atoms with Crippen LogP contribution in [0, 0.1) is 5.82 Å². The Morgan fingerprint density at radius 1 is 1.26 bits per heavy atom. The molecule has 2 fully saturated rings. The molecule has 0 saturated carbocycles. The van der Waals surface area contributed by atoms with Crippen LogP contribution in [-0.4, -0.2) is 32.4 Å². The molecule has 0 radical (unpaired) electrons. The summed E-state index contributed by atoms with van der Waals surface area (Å²) in [6.45, 7) is 3.36. The molecular formula is C15H20FNO2. The van der Waals surface area contributed by atoms with Crippen molar-refractivity contribution >= 4 is 5.69 Å². The lowest BCUT2D eigenvalue weighted by Gasteiger charge is -2.22. The van der Waals surface area contributed by atoms with E-state index in [2.05, 4.69) is 4.90 Å². The monoisotopic (exact) mass is 265 g/mol. The summed E-state index contributed by atoms with van der Waals surface area (Å²) in [6.07, 6.45) is 4.69. The summed E-state index contributed by atoms with van der Waals surface area (Å²) in [5.41, 5.74) is 0.885. The largest absolute Gasteiger partial charge is 0.489 e. The normalized spacial score (nSPS) is 23.0. The van der Waals surface area contributed by atoms with E-state index in [-0.39, 0.29) is 11.9 Å². The summed E-state index contributed by atoms with van der Waals surface area (Å²) in [5.74, 6) is 0.574. The molecule has 3 nitrogen and oxygen atoms in total. The van der Waals surface area contributed by atoms with E-state index in [1.54, 1.807) is 12.1 Å². The first-order valence-corrected chi connectivity index (χ1v) is 7.12. The van der Waals surface area contributed by atoms with Crippen LogP contribution in [-0.2, 0) is 4.74 Å². The van der Waals surface area contributed by atoms with Crippen LogP contribution in [0.3, 0.4) is 0 Å². The van der Waals surface area contributed by atoms with Gasteiger partial charge in [-0.3, -0.25) is 0 Å². The zero-order valence-electron chi connectivity index (χ0n) is 11.1. The Bertz CT molecular complexity index is 426. The summed E-state index contributed by atoms with van der Waals surface area (Å²) in [7, 11) is 0. The highest BCUT2D eigenvalue weighted by molar-refractivity contribution is 5.59. The molecule has 0 N–H and O–H groups in total. The smallest absolute Gasteiger partial charge is 0.142 e. The third-order valence-electron chi connectivity index (χ3n) is 3.82. The summed E-state index contributed by atoms with van der Waals surface area (Å²) < 4.78 is 24.8.